The van der Waals surface area contributed by atoms with E-state index >= 15 is 0 Å². The second kappa shape index (κ2) is 10.7. The van der Waals surface area contributed by atoms with E-state index < -0.39 is 18.2 Å². The number of methoxy groups -OCH3 is 1. The van der Waals surface area contributed by atoms with Crippen molar-refractivity contribution in [3.63, 3.8) is 0 Å². The molecule has 0 saturated heterocycles. The normalized spacial score (nSPS) is 13.8. The molecule has 1 unspecified atom stereocenters. The third-order valence-electron chi connectivity index (χ3n) is 2.42. The van der Waals surface area contributed by atoms with Gasteiger partial charge < -0.3 is 24.4 Å². The van der Waals surface area contributed by atoms with E-state index in [9.17, 15) is 9.59 Å². The number of aliphatic hydroxyl groups excluding tert-OH is 1. The van der Waals surface area contributed by atoms with Gasteiger partial charge in [-0.3, -0.25) is 9.59 Å². The molecule has 112 valence electrons. The molecule has 0 aromatic rings. The number of carboxylic acid groups (broad SMARTS) is 1. The van der Waals surface area contributed by atoms with Gasteiger partial charge >= 0.3 is 11.9 Å². The van der Waals surface area contributed by atoms with E-state index in [1.54, 1.807) is 0 Å². The molecule has 7 nitrogen and oxygen atoms in total. The molecular formula is C12H22O7. The fraction of sp³-hybridized carbons (Fsp3) is 0.833. The molecule has 19 heavy (non-hydrogen) atoms. The Bertz CT molecular complexity index is 263. The van der Waals surface area contributed by atoms with Crippen LogP contribution in [0.4, 0.5) is 0 Å². The molecule has 0 aliphatic heterocycles. The smallest absolute Gasteiger partial charge is 0.305 e. The van der Waals surface area contributed by atoms with Gasteiger partial charge in [-0.25, -0.2) is 0 Å². The van der Waals surface area contributed by atoms with Crippen molar-refractivity contribution in [3.05, 3.63) is 0 Å². The number of aliphatic carboxylic acids is 1. The van der Waals surface area contributed by atoms with Crippen LogP contribution in [0.5, 0.6) is 0 Å². The minimum Gasteiger partial charge on any atom is -0.481 e. The number of carbonyl (C=O) groups excluding carboxylic acids is 1. The van der Waals surface area contributed by atoms with Gasteiger partial charge in [-0.15, -0.1) is 0 Å². The molecule has 2 N–H and O–H groups in total. The van der Waals surface area contributed by atoms with Crippen molar-refractivity contribution in [2.75, 3.05) is 20.3 Å². The summed E-state index contributed by atoms with van der Waals surface area (Å²) in [5.41, 5.74) is 0. The van der Waals surface area contributed by atoms with Crippen molar-refractivity contribution < 1.29 is 34.0 Å². The predicted octanol–water partition coefficient (Wildman–Crippen LogP) is 0.544. The van der Waals surface area contributed by atoms with Gasteiger partial charge in [0.05, 0.1) is 12.7 Å². The minimum atomic E-state index is -0.945. The molecule has 0 rings (SSSR count). The van der Waals surface area contributed by atoms with Gasteiger partial charge in [-0.05, 0) is 12.8 Å². The first-order valence-corrected chi connectivity index (χ1v) is 6.20. The Kier molecular flexibility index (Phi) is 10.1. The fourth-order valence-corrected chi connectivity index (χ4v) is 1.26. The third-order valence-corrected chi connectivity index (χ3v) is 2.42. The number of aliphatic hydroxyl groups is 1. The maximum Gasteiger partial charge on any atom is 0.305 e. The Morgan fingerprint density at radius 2 is 1.95 bits per heavy atom. The van der Waals surface area contributed by atoms with E-state index in [2.05, 4.69) is 0 Å². The lowest BCUT2D eigenvalue weighted by molar-refractivity contribution is -0.194. The summed E-state index contributed by atoms with van der Waals surface area (Å²) >= 11 is 0. The average molecular weight is 278 g/mol. The van der Waals surface area contributed by atoms with Gasteiger partial charge in [0, 0.05) is 20.0 Å². The largest absolute Gasteiger partial charge is 0.481 e. The number of carboxylic acids is 1. The van der Waals surface area contributed by atoms with Crippen LogP contribution in [0.25, 0.3) is 0 Å². The molecule has 0 aliphatic carbocycles. The van der Waals surface area contributed by atoms with E-state index in [0.29, 0.717) is 6.42 Å². The summed E-state index contributed by atoms with van der Waals surface area (Å²) in [5, 5.41) is 17.4. The fourth-order valence-electron chi connectivity index (χ4n) is 1.26. The summed E-state index contributed by atoms with van der Waals surface area (Å²) in [7, 11) is 1.41. The summed E-state index contributed by atoms with van der Waals surface area (Å²) in [4.78, 5) is 21.6. The Morgan fingerprint density at radius 1 is 1.26 bits per heavy atom. The zero-order valence-corrected chi connectivity index (χ0v) is 11.3. The standard InChI is InChI=1S/C12H22O7/c1-3-9(7-13)19-12(17-2)8-18-11(16)6-4-5-10(14)15/h9,12-13H,3-8H2,1-2H3,(H,14,15)/t9?,12-/m0/s1. The summed E-state index contributed by atoms with van der Waals surface area (Å²) in [6, 6.07) is 0. The van der Waals surface area contributed by atoms with Crippen LogP contribution in [0.1, 0.15) is 32.6 Å². The highest BCUT2D eigenvalue weighted by atomic mass is 16.7. The molecule has 0 spiro atoms. The molecule has 0 fully saturated rings. The number of esters is 1. The SMILES string of the molecule is CCC(CO)O[C@@H](COC(=O)CCCC(=O)O)OC. The highest BCUT2D eigenvalue weighted by molar-refractivity contribution is 5.71. The molecule has 0 radical (unpaired) electrons. The van der Waals surface area contributed by atoms with Crippen LogP contribution in [0.15, 0.2) is 0 Å². The monoisotopic (exact) mass is 278 g/mol. The lowest BCUT2D eigenvalue weighted by atomic mass is 10.2. The van der Waals surface area contributed by atoms with Crippen LogP contribution in [-0.2, 0) is 23.8 Å². The third kappa shape index (κ3) is 9.40. The maximum atomic E-state index is 11.3. The van der Waals surface area contributed by atoms with Crippen LogP contribution < -0.4 is 0 Å². The van der Waals surface area contributed by atoms with Gasteiger partial charge in [0.15, 0.2) is 6.29 Å². The van der Waals surface area contributed by atoms with Crippen molar-refractivity contribution in [1.29, 1.82) is 0 Å². The van der Waals surface area contributed by atoms with Gasteiger partial charge in [-0.1, -0.05) is 6.92 Å². The molecule has 0 amide bonds. The number of hydrogen-bond acceptors (Lipinski definition) is 6. The molecule has 0 aromatic heterocycles. The predicted molar refractivity (Wildman–Crippen MR) is 65.5 cm³/mol. The summed E-state index contributed by atoms with van der Waals surface area (Å²) < 4.78 is 15.2. The summed E-state index contributed by atoms with van der Waals surface area (Å²) in [5.74, 6) is -1.44. The zero-order valence-electron chi connectivity index (χ0n) is 11.3. The topological polar surface area (TPSA) is 102 Å². The first-order valence-electron chi connectivity index (χ1n) is 6.20. The van der Waals surface area contributed by atoms with E-state index in [0.717, 1.165) is 0 Å². The van der Waals surface area contributed by atoms with Gasteiger partial charge in [0.2, 0.25) is 0 Å². The van der Waals surface area contributed by atoms with Crippen LogP contribution in [0.2, 0.25) is 0 Å². The zero-order chi connectivity index (χ0) is 14.7. The molecule has 0 aliphatic rings. The second-order valence-electron chi connectivity index (χ2n) is 3.94. The van der Waals surface area contributed by atoms with Gasteiger partial charge in [0.1, 0.15) is 6.61 Å². The minimum absolute atomic E-state index is 0.0416. The summed E-state index contributed by atoms with van der Waals surface area (Å²) in [6.07, 6.45) is -0.276. The average Bonchev–Trinajstić information content (AvgIpc) is 2.38. The number of carbonyl (C=O) groups is 2. The highest BCUT2D eigenvalue weighted by Crippen LogP contribution is 2.05. The highest BCUT2D eigenvalue weighted by Gasteiger charge is 2.16. The number of rotatable bonds is 11. The maximum absolute atomic E-state index is 11.3. The van der Waals surface area contributed by atoms with Crippen molar-refractivity contribution in [2.45, 2.75) is 45.0 Å². The lowest BCUT2D eigenvalue weighted by Crippen LogP contribution is -2.30. The second-order valence-corrected chi connectivity index (χ2v) is 3.94. The molecule has 7 heteroatoms. The van der Waals surface area contributed by atoms with E-state index in [4.69, 9.17) is 24.4 Å². The molecule has 0 heterocycles. The number of hydrogen-bond donors (Lipinski definition) is 2. The summed E-state index contributed by atoms with van der Waals surface area (Å²) in [6.45, 7) is 1.63. The number of ether oxygens (including phenoxy) is 3. The molecule has 2 atom stereocenters. The first-order chi connectivity index (χ1) is 9.03. The van der Waals surface area contributed by atoms with Crippen molar-refractivity contribution >= 4 is 11.9 Å². The van der Waals surface area contributed by atoms with Crippen LogP contribution in [-0.4, -0.2) is 54.9 Å². The Balaban J connectivity index is 3.86. The van der Waals surface area contributed by atoms with Crippen LogP contribution >= 0.6 is 0 Å². The van der Waals surface area contributed by atoms with Crippen molar-refractivity contribution in [3.8, 4) is 0 Å². The van der Waals surface area contributed by atoms with Gasteiger partial charge in [0.25, 0.3) is 0 Å². The quantitative estimate of drug-likeness (QED) is 0.420. The van der Waals surface area contributed by atoms with Gasteiger partial charge in [-0.2, -0.15) is 0 Å². The van der Waals surface area contributed by atoms with Crippen LogP contribution in [0, 0.1) is 0 Å². The molecular weight excluding hydrogens is 256 g/mol. The van der Waals surface area contributed by atoms with Crippen molar-refractivity contribution in [1.82, 2.24) is 0 Å². The van der Waals surface area contributed by atoms with Crippen LogP contribution in [0.3, 0.4) is 0 Å². The molecule has 0 aromatic carbocycles. The first kappa shape index (κ1) is 17.8. The van der Waals surface area contributed by atoms with E-state index in [1.165, 1.54) is 7.11 Å². The van der Waals surface area contributed by atoms with E-state index in [1.807, 2.05) is 6.92 Å². The Labute approximate surface area is 112 Å². The van der Waals surface area contributed by atoms with E-state index in [-0.39, 0.29) is 38.6 Å². The van der Waals surface area contributed by atoms with Crippen molar-refractivity contribution in [2.24, 2.45) is 0 Å². The Morgan fingerprint density at radius 3 is 2.42 bits per heavy atom. The Hall–Kier alpha value is -1.18. The molecule has 0 saturated carbocycles. The lowest BCUT2D eigenvalue weighted by Gasteiger charge is -2.21. The molecule has 0 bridgehead atoms.